The van der Waals surface area contributed by atoms with Crippen LogP contribution in [0, 0.1) is 12.7 Å². The zero-order valence-corrected chi connectivity index (χ0v) is 16.2. The quantitative estimate of drug-likeness (QED) is 0.760. The van der Waals surface area contributed by atoms with Gasteiger partial charge in [-0.2, -0.15) is 0 Å². The molecular weight excluding hydrogens is 385 g/mol. The van der Waals surface area contributed by atoms with Crippen molar-refractivity contribution in [2.75, 3.05) is 0 Å². The highest BCUT2D eigenvalue weighted by atomic mass is 32.2. The number of nitrogens with one attached hydrogen (secondary N) is 1. The van der Waals surface area contributed by atoms with E-state index in [4.69, 9.17) is 0 Å². The summed E-state index contributed by atoms with van der Waals surface area (Å²) in [6.45, 7) is 5.26. The number of thioether (sulfide) groups is 1. The number of carbonyl (C=O) groups excluding carboxylic acids is 2. The first-order valence-corrected chi connectivity index (χ1v) is 9.59. The molecule has 2 fully saturated rings. The normalized spacial score (nSPS) is 25.4. The Hall–Kier alpha value is -2.68. The third-order valence-corrected chi connectivity index (χ3v) is 6.68. The Morgan fingerprint density at radius 3 is 2.71 bits per heavy atom. The highest BCUT2D eigenvalue weighted by Crippen LogP contribution is 2.50. The van der Waals surface area contributed by atoms with E-state index in [1.807, 2.05) is 0 Å². The Bertz CT molecular complexity index is 1040. The second-order valence-electron chi connectivity index (χ2n) is 7.52. The molecule has 0 radical (unpaired) electrons. The van der Waals surface area contributed by atoms with Gasteiger partial charge in [-0.05, 0) is 45.0 Å². The Morgan fingerprint density at radius 1 is 1.32 bits per heavy atom. The third-order valence-electron chi connectivity index (χ3n) is 5.10. The molecular formula is C19H18FN3O4S. The first-order valence-electron chi connectivity index (χ1n) is 8.71. The van der Waals surface area contributed by atoms with Gasteiger partial charge in [0.15, 0.2) is 0 Å². The number of carboxylic acids is 1. The van der Waals surface area contributed by atoms with Crippen molar-refractivity contribution in [1.29, 1.82) is 0 Å². The van der Waals surface area contributed by atoms with Gasteiger partial charge in [-0.3, -0.25) is 14.6 Å². The maximum absolute atomic E-state index is 13.7. The van der Waals surface area contributed by atoms with Gasteiger partial charge in [0.2, 0.25) is 5.91 Å². The monoisotopic (exact) mass is 403 g/mol. The number of fused-ring (bicyclic) bond motifs is 2. The molecule has 0 bridgehead atoms. The van der Waals surface area contributed by atoms with Gasteiger partial charge >= 0.3 is 5.97 Å². The molecule has 0 saturated carbocycles. The van der Waals surface area contributed by atoms with Gasteiger partial charge < -0.3 is 15.3 Å². The van der Waals surface area contributed by atoms with E-state index in [1.54, 1.807) is 26.8 Å². The highest BCUT2D eigenvalue weighted by Gasteiger charge is 2.64. The topological polar surface area (TPSA) is 99.6 Å². The summed E-state index contributed by atoms with van der Waals surface area (Å²) in [5, 5.41) is 12.1. The van der Waals surface area contributed by atoms with Crippen LogP contribution in [0.5, 0.6) is 0 Å². The van der Waals surface area contributed by atoms with Crippen LogP contribution in [-0.2, 0) is 9.59 Å². The Labute approximate surface area is 164 Å². The lowest BCUT2D eigenvalue weighted by Gasteiger charge is -2.43. The fraction of sp³-hybridized carbons (Fsp3) is 0.368. The molecule has 0 aliphatic carbocycles. The number of rotatable bonds is 3. The van der Waals surface area contributed by atoms with Gasteiger partial charge in [0, 0.05) is 15.8 Å². The minimum atomic E-state index is -1.07. The number of carbonyl (C=O) groups is 3. The van der Waals surface area contributed by atoms with Crippen LogP contribution < -0.4 is 5.32 Å². The second-order valence-corrected chi connectivity index (χ2v) is 9.29. The van der Waals surface area contributed by atoms with Gasteiger partial charge in [-0.15, -0.1) is 11.8 Å². The highest BCUT2D eigenvalue weighted by molar-refractivity contribution is 8.01. The van der Waals surface area contributed by atoms with Crippen molar-refractivity contribution < 1.29 is 23.9 Å². The predicted octanol–water partition coefficient (Wildman–Crippen LogP) is 1.93. The molecule has 0 unspecified atom stereocenters. The molecule has 9 heteroatoms. The molecule has 1 aromatic carbocycles. The molecule has 2 aliphatic rings. The number of carboxylic acid groups (broad SMARTS) is 1. The molecule has 4 rings (SSSR count). The summed E-state index contributed by atoms with van der Waals surface area (Å²) < 4.78 is 13.0. The zero-order valence-electron chi connectivity index (χ0n) is 15.4. The molecule has 3 atom stereocenters. The van der Waals surface area contributed by atoms with Crippen LogP contribution in [0.2, 0.25) is 0 Å². The Morgan fingerprint density at radius 2 is 2.04 bits per heavy atom. The Balaban J connectivity index is 1.63. The van der Waals surface area contributed by atoms with Gasteiger partial charge in [0.1, 0.15) is 23.3 Å². The van der Waals surface area contributed by atoms with E-state index in [2.05, 4.69) is 10.3 Å². The fourth-order valence-electron chi connectivity index (χ4n) is 3.88. The number of nitrogens with zero attached hydrogens (tertiary/aromatic N) is 2. The van der Waals surface area contributed by atoms with Crippen molar-refractivity contribution >= 4 is 40.4 Å². The van der Waals surface area contributed by atoms with Crippen LogP contribution in [0.4, 0.5) is 4.39 Å². The molecule has 2 aliphatic heterocycles. The zero-order chi connectivity index (χ0) is 20.4. The lowest BCUT2D eigenvalue weighted by molar-refractivity contribution is -0.159. The Kier molecular flexibility index (Phi) is 4.11. The van der Waals surface area contributed by atoms with E-state index in [1.165, 1.54) is 34.9 Å². The summed E-state index contributed by atoms with van der Waals surface area (Å²) in [7, 11) is 0. The van der Waals surface area contributed by atoms with Crippen molar-refractivity contribution in [1.82, 2.24) is 15.2 Å². The van der Waals surface area contributed by atoms with Crippen LogP contribution >= 0.6 is 11.8 Å². The molecule has 2 amide bonds. The van der Waals surface area contributed by atoms with Gasteiger partial charge in [-0.1, -0.05) is 0 Å². The van der Waals surface area contributed by atoms with Crippen LogP contribution in [-0.4, -0.2) is 55.0 Å². The number of aryl methyl sites for hydroxylation is 1. The molecule has 28 heavy (non-hydrogen) atoms. The molecule has 7 nitrogen and oxygen atoms in total. The number of benzene rings is 1. The number of pyridine rings is 1. The summed E-state index contributed by atoms with van der Waals surface area (Å²) in [6.07, 6.45) is 0. The van der Waals surface area contributed by atoms with E-state index in [-0.39, 0.29) is 5.56 Å². The van der Waals surface area contributed by atoms with Crippen LogP contribution in [0.25, 0.3) is 10.9 Å². The van der Waals surface area contributed by atoms with Gasteiger partial charge in [-0.25, -0.2) is 9.18 Å². The van der Waals surface area contributed by atoms with E-state index in [0.717, 1.165) is 0 Å². The number of aromatic nitrogens is 1. The minimum absolute atomic E-state index is 0.227. The first-order chi connectivity index (χ1) is 13.1. The number of hydrogen-bond donors (Lipinski definition) is 2. The lowest BCUT2D eigenvalue weighted by atomic mass is 9.95. The van der Waals surface area contributed by atoms with Crippen molar-refractivity contribution in [2.45, 2.75) is 43.0 Å². The first kappa shape index (κ1) is 18.7. The van der Waals surface area contributed by atoms with Gasteiger partial charge in [0.25, 0.3) is 5.91 Å². The molecule has 2 saturated heterocycles. The maximum atomic E-state index is 13.7. The summed E-state index contributed by atoms with van der Waals surface area (Å²) in [4.78, 5) is 42.6. The molecule has 1 aromatic heterocycles. The third kappa shape index (κ3) is 2.72. The largest absolute Gasteiger partial charge is 0.480 e. The average Bonchev–Trinajstić information content (AvgIpc) is 2.87. The number of aliphatic carboxylic acids is 1. The van der Waals surface area contributed by atoms with Crippen molar-refractivity contribution in [3.8, 4) is 0 Å². The fourth-order valence-corrected chi connectivity index (χ4v) is 5.51. The standard InChI is InChI=1S/C19H18FN3O4S/c1-8-6-11(10-7-9(20)4-5-12(10)21-8)15(24)22-13-16(25)23-14(18(26)27)19(2,3)28-17(13)23/h4-7,13-14,17H,1-3H3,(H,22,24)(H,26,27)/t13-,14+,17-/m1/s1. The van der Waals surface area contributed by atoms with Gasteiger partial charge in [0.05, 0.1) is 11.1 Å². The van der Waals surface area contributed by atoms with E-state index >= 15 is 0 Å². The maximum Gasteiger partial charge on any atom is 0.327 e. The molecule has 146 valence electrons. The SMILES string of the molecule is Cc1cc(C(=O)N[C@@H]2C(=O)N3[C@@H]2SC(C)(C)[C@@H]3C(=O)O)c2cc(F)ccc2n1. The van der Waals surface area contributed by atoms with E-state index in [9.17, 15) is 23.9 Å². The summed E-state index contributed by atoms with van der Waals surface area (Å²) in [5.41, 5.74) is 1.30. The summed E-state index contributed by atoms with van der Waals surface area (Å²) >= 11 is 1.35. The lowest BCUT2D eigenvalue weighted by Crippen LogP contribution is -2.70. The smallest absolute Gasteiger partial charge is 0.327 e. The predicted molar refractivity (Wildman–Crippen MR) is 101 cm³/mol. The molecule has 0 spiro atoms. The molecule has 3 heterocycles. The summed E-state index contributed by atoms with van der Waals surface area (Å²) in [5.74, 6) is -2.50. The van der Waals surface area contributed by atoms with Crippen molar-refractivity contribution in [2.24, 2.45) is 0 Å². The van der Waals surface area contributed by atoms with E-state index in [0.29, 0.717) is 16.6 Å². The molecule has 2 N–H and O–H groups in total. The molecule has 2 aromatic rings. The number of halogens is 1. The summed E-state index contributed by atoms with van der Waals surface area (Å²) in [6, 6.07) is 3.79. The number of amides is 2. The average molecular weight is 403 g/mol. The van der Waals surface area contributed by atoms with Crippen LogP contribution in [0.15, 0.2) is 24.3 Å². The van der Waals surface area contributed by atoms with Crippen LogP contribution in [0.1, 0.15) is 29.9 Å². The second kappa shape index (κ2) is 6.16. The van der Waals surface area contributed by atoms with E-state index < -0.39 is 45.8 Å². The number of hydrogen-bond acceptors (Lipinski definition) is 5. The number of β-lactam (4-membered cyclic amide) rings is 1. The van der Waals surface area contributed by atoms with Crippen molar-refractivity contribution in [3.63, 3.8) is 0 Å². The minimum Gasteiger partial charge on any atom is -0.480 e. The van der Waals surface area contributed by atoms with Crippen LogP contribution in [0.3, 0.4) is 0 Å². The van der Waals surface area contributed by atoms with Crippen molar-refractivity contribution in [3.05, 3.63) is 41.3 Å².